The standard InChI is InChI=1S/C14H18N2O3S2/c1-10-12(13(18)15-4-2-6-19-7-5-17)21-14(16-10)11-3-8-20-9-11/h3,8-9,17H,2,4-7H2,1H3,(H,15,18). The molecule has 0 bridgehead atoms. The van der Waals surface area contributed by atoms with Crippen LogP contribution in [0.15, 0.2) is 16.8 Å². The van der Waals surface area contributed by atoms with E-state index in [1.165, 1.54) is 11.3 Å². The van der Waals surface area contributed by atoms with Crippen molar-refractivity contribution in [2.45, 2.75) is 13.3 Å². The van der Waals surface area contributed by atoms with E-state index in [4.69, 9.17) is 9.84 Å². The summed E-state index contributed by atoms with van der Waals surface area (Å²) in [6.45, 7) is 3.30. The van der Waals surface area contributed by atoms with Crippen molar-refractivity contribution >= 4 is 28.6 Å². The quantitative estimate of drug-likeness (QED) is 0.730. The Morgan fingerprint density at radius 2 is 2.33 bits per heavy atom. The average Bonchev–Trinajstić information content (AvgIpc) is 3.11. The third-order valence-electron chi connectivity index (χ3n) is 2.76. The summed E-state index contributed by atoms with van der Waals surface area (Å²) in [5, 5.41) is 16.3. The molecule has 2 aromatic rings. The monoisotopic (exact) mass is 326 g/mol. The van der Waals surface area contributed by atoms with Crippen molar-refractivity contribution in [3.8, 4) is 10.6 Å². The molecule has 0 fully saturated rings. The van der Waals surface area contributed by atoms with Gasteiger partial charge in [0.2, 0.25) is 0 Å². The summed E-state index contributed by atoms with van der Waals surface area (Å²) >= 11 is 3.03. The van der Waals surface area contributed by atoms with Crippen LogP contribution in [0.3, 0.4) is 0 Å². The lowest BCUT2D eigenvalue weighted by Gasteiger charge is -2.04. The number of thiophene rings is 1. The Balaban J connectivity index is 1.85. The van der Waals surface area contributed by atoms with Crippen molar-refractivity contribution in [1.29, 1.82) is 0 Å². The number of rotatable bonds is 8. The number of thiazole rings is 1. The van der Waals surface area contributed by atoms with Gasteiger partial charge in [0.1, 0.15) is 9.88 Å². The molecule has 0 spiro atoms. The van der Waals surface area contributed by atoms with Crippen molar-refractivity contribution in [2.24, 2.45) is 0 Å². The number of nitrogens with zero attached hydrogens (tertiary/aromatic N) is 1. The fourth-order valence-electron chi connectivity index (χ4n) is 1.74. The van der Waals surface area contributed by atoms with Gasteiger partial charge in [0.25, 0.3) is 5.91 Å². The Morgan fingerprint density at radius 3 is 3.05 bits per heavy atom. The normalized spacial score (nSPS) is 10.8. The molecule has 0 aliphatic heterocycles. The Kier molecular flexibility index (Phi) is 6.31. The summed E-state index contributed by atoms with van der Waals surface area (Å²) in [5.74, 6) is -0.0892. The lowest BCUT2D eigenvalue weighted by molar-refractivity contribution is 0.0869. The molecule has 1 amide bonds. The largest absolute Gasteiger partial charge is 0.394 e. The van der Waals surface area contributed by atoms with Gasteiger partial charge in [-0.15, -0.1) is 11.3 Å². The third kappa shape index (κ3) is 4.60. The number of aryl methyl sites for hydroxylation is 1. The maximum atomic E-state index is 12.1. The van der Waals surface area contributed by atoms with Crippen molar-refractivity contribution < 1.29 is 14.6 Å². The number of aliphatic hydroxyl groups is 1. The van der Waals surface area contributed by atoms with Gasteiger partial charge in [-0.05, 0) is 24.8 Å². The number of carbonyl (C=O) groups excluding carboxylic acids is 1. The lowest BCUT2D eigenvalue weighted by Crippen LogP contribution is -2.25. The molecule has 7 heteroatoms. The zero-order valence-corrected chi connectivity index (χ0v) is 13.4. The number of ether oxygens (including phenoxy) is 1. The van der Waals surface area contributed by atoms with E-state index in [2.05, 4.69) is 10.3 Å². The maximum Gasteiger partial charge on any atom is 0.263 e. The minimum absolute atomic E-state index is 0.0256. The smallest absolute Gasteiger partial charge is 0.263 e. The SMILES string of the molecule is Cc1nc(-c2ccsc2)sc1C(=O)NCCCOCCO. The molecule has 21 heavy (non-hydrogen) atoms. The van der Waals surface area contributed by atoms with E-state index in [-0.39, 0.29) is 12.5 Å². The molecular weight excluding hydrogens is 308 g/mol. The van der Waals surface area contributed by atoms with Crippen LogP contribution in [-0.4, -0.2) is 42.4 Å². The maximum absolute atomic E-state index is 12.1. The van der Waals surface area contributed by atoms with Gasteiger partial charge in [-0.25, -0.2) is 4.98 Å². The second-order valence-electron chi connectivity index (χ2n) is 4.39. The Hall–Kier alpha value is -1.28. The van der Waals surface area contributed by atoms with Gasteiger partial charge < -0.3 is 15.2 Å². The molecule has 0 aliphatic carbocycles. The zero-order chi connectivity index (χ0) is 15.1. The molecule has 5 nitrogen and oxygen atoms in total. The van der Waals surface area contributed by atoms with Crippen molar-refractivity contribution in [3.05, 3.63) is 27.4 Å². The van der Waals surface area contributed by atoms with E-state index in [1.807, 2.05) is 23.8 Å². The van der Waals surface area contributed by atoms with E-state index in [0.29, 0.717) is 24.6 Å². The summed E-state index contributed by atoms with van der Waals surface area (Å²) in [6.07, 6.45) is 0.723. The third-order valence-corrected chi connectivity index (χ3v) is 4.65. The van der Waals surface area contributed by atoms with E-state index >= 15 is 0 Å². The van der Waals surface area contributed by atoms with Crippen LogP contribution in [-0.2, 0) is 4.74 Å². The predicted octanol–water partition coefficient (Wildman–Crippen LogP) is 2.31. The second kappa shape index (κ2) is 8.23. The first kappa shape index (κ1) is 16.1. The highest BCUT2D eigenvalue weighted by Gasteiger charge is 2.15. The first-order chi connectivity index (χ1) is 10.2. The summed E-state index contributed by atoms with van der Waals surface area (Å²) in [5.41, 5.74) is 1.82. The Morgan fingerprint density at radius 1 is 1.48 bits per heavy atom. The van der Waals surface area contributed by atoms with Crippen LogP contribution >= 0.6 is 22.7 Å². The van der Waals surface area contributed by atoms with Gasteiger partial charge >= 0.3 is 0 Å². The number of nitrogens with one attached hydrogen (secondary N) is 1. The molecule has 0 saturated heterocycles. The highest BCUT2D eigenvalue weighted by atomic mass is 32.1. The molecule has 0 aromatic carbocycles. The van der Waals surface area contributed by atoms with E-state index in [9.17, 15) is 4.79 Å². The number of hydrogen-bond donors (Lipinski definition) is 2. The van der Waals surface area contributed by atoms with Gasteiger partial charge in [0.15, 0.2) is 0 Å². The molecule has 0 radical (unpaired) electrons. The number of amides is 1. The molecule has 0 unspecified atom stereocenters. The fourth-order valence-corrected chi connectivity index (χ4v) is 3.43. The predicted molar refractivity (Wildman–Crippen MR) is 85.0 cm³/mol. The van der Waals surface area contributed by atoms with Crippen LogP contribution < -0.4 is 5.32 Å². The van der Waals surface area contributed by atoms with Crippen molar-refractivity contribution in [3.63, 3.8) is 0 Å². The molecular formula is C14H18N2O3S2. The average molecular weight is 326 g/mol. The van der Waals surface area contributed by atoms with Gasteiger partial charge in [-0.2, -0.15) is 11.3 Å². The second-order valence-corrected chi connectivity index (χ2v) is 6.17. The number of hydrogen-bond acceptors (Lipinski definition) is 6. The summed E-state index contributed by atoms with van der Waals surface area (Å²) < 4.78 is 5.14. The zero-order valence-electron chi connectivity index (χ0n) is 11.8. The van der Waals surface area contributed by atoms with Gasteiger partial charge in [0, 0.05) is 24.1 Å². The summed E-state index contributed by atoms with van der Waals surface area (Å²) in [7, 11) is 0. The van der Waals surface area contributed by atoms with Crippen LogP contribution in [0, 0.1) is 6.92 Å². The molecule has 0 saturated carbocycles. The van der Waals surface area contributed by atoms with Gasteiger partial charge in [-0.1, -0.05) is 0 Å². The van der Waals surface area contributed by atoms with E-state index in [0.717, 1.165) is 22.7 Å². The minimum Gasteiger partial charge on any atom is -0.394 e. The minimum atomic E-state index is -0.0892. The molecule has 114 valence electrons. The van der Waals surface area contributed by atoms with Crippen LogP contribution in [0.2, 0.25) is 0 Å². The van der Waals surface area contributed by atoms with E-state index < -0.39 is 0 Å². The van der Waals surface area contributed by atoms with E-state index in [1.54, 1.807) is 11.3 Å². The number of carbonyl (C=O) groups is 1. The van der Waals surface area contributed by atoms with Gasteiger partial charge in [0.05, 0.1) is 18.9 Å². The van der Waals surface area contributed by atoms with Crippen LogP contribution in [0.25, 0.3) is 10.6 Å². The Labute approximate surface area is 131 Å². The van der Waals surface area contributed by atoms with Crippen LogP contribution in [0.4, 0.5) is 0 Å². The van der Waals surface area contributed by atoms with Crippen molar-refractivity contribution in [1.82, 2.24) is 10.3 Å². The molecule has 2 aromatic heterocycles. The number of aliphatic hydroxyl groups excluding tert-OH is 1. The molecule has 2 heterocycles. The lowest BCUT2D eigenvalue weighted by atomic mass is 10.3. The van der Waals surface area contributed by atoms with Crippen molar-refractivity contribution in [2.75, 3.05) is 26.4 Å². The highest BCUT2D eigenvalue weighted by molar-refractivity contribution is 7.17. The molecule has 2 rings (SSSR count). The fraction of sp³-hybridized carbons (Fsp3) is 0.429. The molecule has 0 atom stereocenters. The van der Waals surface area contributed by atoms with Gasteiger partial charge in [-0.3, -0.25) is 4.79 Å². The Bertz CT molecular complexity index is 567. The first-order valence-electron chi connectivity index (χ1n) is 6.69. The van der Waals surface area contributed by atoms with Crippen LogP contribution in [0.1, 0.15) is 21.8 Å². The van der Waals surface area contributed by atoms with Crippen LogP contribution in [0.5, 0.6) is 0 Å². The topological polar surface area (TPSA) is 71.5 Å². The summed E-state index contributed by atoms with van der Waals surface area (Å²) in [4.78, 5) is 17.2. The number of aromatic nitrogens is 1. The molecule has 2 N–H and O–H groups in total. The summed E-state index contributed by atoms with van der Waals surface area (Å²) in [6, 6.07) is 2.00. The highest BCUT2D eigenvalue weighted by Crippen LogP contribution is 2.29. The first-order valence-corrected chi connectivity index (χ1v) is 8.45. The molecule has 0 aliphatic rings.